The number of ketones is 1. The molecule has 1 saturated carbocycles. The van der Waals surface area contributed by atoms with E-state index in [1.165, 1.54) is 18.4 Å². The van der Waals surface area contributed by atoms with Crippen LogP contribution in [0.4, 0.5) is 0 Å². The van der Waals surface area contributed by atoms with E-state index in [0.29, 0.717) is 23.5 Å². The molecule has 3 atom stereocenters. The highest BCUT2D eigenvalue weighted by molar-refractivity contribution is 5.98. The second-order valence-electron chi connectivity index (χ2n) is 6.65. The van der Waals surface area contributed by atoms with Gasteiger partial charge in [0.05, 0.1) is 5.60 Å². The predicted octanol–water partition coefficient (Wildman–Crippen LogP) is 3.75. The Morgan fingerprint density at radius 2 is 1.89 bits per heavy atom. The fraction of sp³-hybridized carbons (Fsp3) is 0.812. The largest absolute Gasteiger partial charge is 0.379 e. The van der Waals surface area contributed by atoms with Crippen LogP contribution >= 0.6 is 0 Å². The summed E-state index contributed by atoms with van der Waals surface area (Å²) in [6.45, 7) is 8.68. The number of ether oxygens (including phenoxy) is 1. The molecular formula is C16H26O2. The molecule has 0 aromatic rings. The van der Waals surface area contributed by atoms with Crippen LogP contribution in [0.3, 0.4) is 0 Å². The molecule has 2 heteroatoms. The van der Waals surface area contributed by atoms with Crippen LogP contribution in [-0.2, 0) is 9.53 Å². The molecule has 0 heterocycles. The molecule has 102 valence electrons. The van der Waals surface area contributed by atoms with Crippen molar-refractivity contribution in [3.63, 3.8) is 0 Å². The normalized spacial score (nSPS) is 33.6. The fourth-order valence-electron chi connectivity index (χ4n) is 3.58. The number of carbonyl (C=O) groups is 1. The summed E-state index contributed by atoms with van der Waals surface area (Å²) in [5.74, 6) is 2.05. The second-order valence-corrected chi connectivity index (χ2v) is 6.65. The number of allylic oxidation sites excluding steroid dienone is 2. The zero-order valence-corrected chi connectivity index (χ0v) is 12.4. The molecule has 0 aliphatic heterocycles. The Balaban J connectivity index is 2.29. The number of hydrogen-bond acceptors (Lipinski definition) is 2. The summed E-state index contributed by atoms with van der Waals surface area (Å²) in [7, 11) is 1.80. The average Bonchev–Trinajstić information content (AvgIpc) is 2.50. The van der Waals surface area contributed by atoms with E-state index in [0.717, 1.165) is 18.4 Å². The smallest absolute Gasteiger partial charge is 0.159 e. The minimum atomic E-state index is -0.0898. The lowest BCUT2D eigenvalue weighted by Crippen LogP contribution is -2.33. The van der Waals surface area contributed by atoms with Crippen molar-refractivity contribution in [1.29, 1.82) is 0 Å². The first-order chi connectivity index (χ1) is 8.36. The summed E-state index contributed by atoms with van der Waals surface area (Å²) in [4.78, 5) is 11.9. The van der Waals surface area contributed by atoms with E-state index in [1.54, 1.807) is 7.11 Å². The molecule has 2 aliphatic rings. The Morgan fingerprint density at radius 1 is 1.22 bits per heavy atom. The van der Waals surface area contributed by atoms with Crippen LogP contribution in [-0.4, -0.2) is 18.5 Å². The molecule has 0 bridgehead atoms. The van der Waals surface area contributed by atoms with Gasteiger partial charge in [0, 0.05) is 13.5 Å². The molecule has 1 fully saturated rings. The number of methoxy groups -OCH3 is 1. The van der Waals surface area contributed by atoms with Gasteiger partial charge in [-0.25, -0.2) is 0 Å². The zero-order chi connectivity index (χ0) is 13.5. The van der Waals surface area contributed by atoms with E-state index in [1.807, 2.05) is 6.92 Å². The van der Waals surface area contributed by atoms with Crippen molar-refractivity contribution in [3.05, 3.63) is 11.1 Å². The van der Waals surface area contributed by atoms with Crippen LogP contribution in [0.15, 0.2) is 11.1 Å². The lowest BCUT2D eigenvalue weighted by molar-refractivity contribution is -0.115. The maximum atomic E-state index is 11.9. The van der Waals surface area contributed by atoms with Crippen molar-refractivity contribution in [2.75, 3.05) is 7.11 Å². The molecule has 0 aromatic carbocycles. The molecule has 0 saturated heterocycles. The van der Waals surface area contributed by atoms with Crippen molar-refractivity contribution < 1.29 is 9.53 Å². The van der Waals surface area contributed by atoms with Gasteiger partial charge in [0.15, 0.2) is 5.78 Å². The lowest BCUT2D eigenvalue weighted by Gasteiger charge is -2.33. The summed E-state index contributed by atoms with van der Waals surface area (Å²) in [6, 6.07) is 0. The predicted molar refractivity (Wildman–Crippen MR) is 73.4 cm³/mol. The molecule has 0 amide bonds. The maximum Gasteiger partial charge on any atom is 0.159 e. The first-order valence-corrected chi connectivity index (χ1v) is 7.14. The Kier molecular flexibility index (Phi) is 3.68. The van der Waals surface area contributed by atoms with Crippen molar-refractivity contribution in [2.45, 2.75) is 59.0 Å². The molecular weight excluding hydrogens is 224 g/mol. The zero-order valence-electron chi connectivity index (χ0n) is 12.4. The monoisotopic (exact) mass is 250 g/mol. The number of hydrogen-bond donors (Lipinski definition) is 0. The standard InChI is InChI=1S/C16H26O2/c1-10-6-7-12(16(3,4)18-5)8-14-11(2)15(17)9-13(10)14/h10,12-13H,6-9H2,1-5H3/t10-,12-,13-/m0/s1. The van der Waals surface area contributed by atoms with Crippen LogP contribution in [0.1, 0.15) is 53.4 Å². The second kappa shape index (κ2) is 4.80. The number of Topliss-reactive ketones (excluding diaryl/α,β-unsaturated/α-hetero) is 1. The topological polar surface area (TPSA) is 26.3 Å². The fourth-order valence-corrected chi connectivity index (χ4v) is 3.58. The van der Waals surface area contributed by atoms with Gasteiger partial charge in [-0.2, -0.15) is 0 Å². The minimum Gasteiger partial charge on any atom is -0.379 e. The molecule has 0 N–H and O–H groups in total. The van der Waals surface area contributed by atoms with E-state index in [4.69, 9.17) is 4.74 Å². The Labute approximate surface area is 111 Å². The van der Waals surface area contributed by atoms with Gasteiger partial charge in [-0.15, -0.1) is 0 Å². The molecule has 0 unspecified atom stereocenters. The first kappa shape index (κ1) is 13.8. The van der Waals surface area contributed by atoms with Gasteiger partial charge >= 0.3 is 0 Å². The van der Waals surface area contributed by atoms with Gasteiger partial charge in [-0.05, 0) is 63.4 Å². The number of carbonyl (C=O) groups excluding carboxylic acids is 1. The highest BCUT2D eigenvalue weighted by Gasteiger charge is 2.40. The van der Waals surface area contributed by atoms with E-state index in [9.17, 15) is 4.79 Å². The Hall–Kier alpha value is -0.630. The van der Waals surface area contributed by atoms with Crippen molar-refractivity contribution in [3.8, 4) is 0 Å². The average molecular weight is 250 g/mol. The van der Waals surface area contributed by atoms with Gasteiger partial charge in [-0.3, -0.25) is 4.79 Å². The van der Waals surface area contributed by atoms with Crippen molar-refractivity contribution >= 4 is 5.78 Å². The quantitative estimate of drug-likeness (QED) is 0.746. The van der Waals surface area contributed by atoms with Crippen LogP contribution in [0.5, 0.6) is 0 Å². The third-order valence-corrected chi connectivity index (χ3v) is 5.39. The Morgan fingerprint density at radius 3 is 2.50 bits per heavy atom. The third kappa shape index (κ3) is 2.27. The van der Waals surface area contributed by atoms with E-state index in [2.05, 4.69) is 20.8 Å². The van der Waals surface area contributed by atoms with Crippen LogP contribution in [0.2, 0.25) is 0 Å². The number of rotatable bonds is 2. The Bertz CT molecular complexity index is 379. The van der Waals surface area contributed by atoms with Crippen molar-refractivity contribution in [2.24, 2.45) is 17.8 Å². The summed E-state index contributed by atoms with van der Waals surface area (Å²) < 4.78 is 5.67. The molecule has 0 aromatic heterocycles. The van der Waals surface area contributed by atoms with E-state index in [-0.39, 0.29) is 5.60 Å². The van der Waals surface area contributed by atoms with Crippen molar-refractivity contribution in [1.82, 2.24) is 0 Å². The van der Waals surface area contributed by atoms with Gasteiger partial charge in [0.1, 0.15) is 0 Å². The van der Waals surface area contributed by atoms with E-state index >= 15 is 0 Å². The molecule has 0 radical (unpaired) electrons. The highest BCUT2D eigenvalue weighted by atomic mass is 16.5. The lowest BCUT2D eigenvalue weighted by atomic mass is 9.82. The first-order valence-electron chi connectivity index (χ1n) is 7.14. The van der Waals surface area contributed by atoms with Crippen LogP contribution in [0.25, 0.3) is 0 Å². The van der Waals surface area contributed by atoms with Gasteiger partial charge in [0.25, 0.3) is 0 Å². The highest BCUT2D eigenvalue weighted by Crippen LogP contribution is 2.46. The summed E-state index contributed by atoms with van der Waals surface area (Å²) in [6.07, 6.45) is 4.23. The SMILES string of the molecule is COC(C)(C)[C@H]1CC[C@H](C)[C@@H]2CC(=O)C(C)=C2C1. The summed E-state index contributed by atoms with van der Waals surface area (Å²) in [5, 5.41) is 0. The van der Waals surface area contributed by atoms with Gasteiger partial charge in [-0.1, -0.05) is 12.5 Å². The molecule has 2 nitrogen and oxygen atoms in total. The molecule has 18 heavy (non-hydrogen) atoms. The van der Waals surface area contributed by atoms with Gasteiger partial charge in [0.2, 0.25) is 0 Å². The molecule has 2 rings (SSSR count). The minimum absolute atomic E-state index is 0.0898. The van der Waals surface area contributed by atoms with Crippen LogP contribution < -0.4 is 0 Å². The molecule has 2 aliphatic carbocycles. The van der Waals surface area contributed by atoms with E-state index < -0.39 is 0 Å². The van der Waals surface area contributed by atoms with Crippen LogP contribution in [0, 0.1) is 17.8 Å². The number of fused-ring (bicyclic) bond motifs is 1. The summed E-state index contributed by atoms with van der Waals surface area (Å²) >= 11 is 0. The summed E-state index contributed by atoms with van der Waals surface area (Å²) in [5.41, 5.74) is 2.39. The third-order valence-electron chi connectivity index (χ3n) is 5.39. The molecule has 0 spiro atoms. The van der Waals surface area contributed by atoms with Gasteiger partial charge < -0.3 is 4.74 Å². The maximum absolute atomic E-state index is 11.9.